The summed E-state index contributed by atoms with van der Waals surface area (Å²) in [6.07, 6.45) is 1.65. The van der Waals surface area contributed by atoms with E-state index in [2.05, 4.69) is 15.5 Å². The van der Waals surface area contributed by atoms with Gasteiger partial charge in [-0.05, 0) is 31.2 Å². The van der Waals surface area contributed by atoms with Crippen molar-refractivity contribution in [3.63, 3.8) is 0 Å². The Kier molecular flexibility index (Phi) is 5.49. The van der Waals surface area contributed by atoms with Gasteiger partial charge >= 0.3 is 0 Å². The molecule has 3 aromatic rings. The highest BCUT2D eigenvalue weighted by Crippen LogP contribution is 2.31. The number of amides is 1. The zero-order valence-corrected chi connectivity index (χ0v) is 15.8. The molecule has 136 valence electrons. The van der Waals surface area contributed by atoms with E-state index in [1.165, 1.54) is 4.68 Å². The number of nitrogens with zero attached hydrogens (tertiary/aromatic N) is 4. The Morgan fingerprint density at radius 2 is 2.08 bits per heavy atom. The molecular weight excluding hydrogens is 377 g/mol. The van der Waals surface area contributed by atoms with Gasteiger partial charge in [0.15, 0.2) is 6.73 Å². The van der Waals surface area contributed by atoms with Crippen LogP contribution >= 0.6 is 23.2 Å². The van der Waals surface area contributed by atoms with Crippen molar-refractivity contribution in [3.8, 4) is 5.75 Å². The molecule has 7 nitrogen and oxygen atoms in total. The zero-order valence-electron chi connectivity index (χ0n) is 14.2. The first-order chi connectivity index (χ1) is 12.4. The van der Waals surface area contributed by atoms with Crippen LogP contribution in [0.1, 0.15) is 21.9 Å². The number of ether oxygens (including phenoxy) is 1. The first-order valence-electron chi connectivity index (χ1n) is 7.82. The molecule has 0 saturated heterocycles. The summed E-state index contributed by atoms with van der Waals surface area (Å²) in [6, 6.07) is 8.66. The third-order valence-corrected chi connectivity index (χ3v) is 4.54. The van der Waals surface area contributed by atoms with Crippen molar-refractivity contribution in [1.82, 2.24) is 24.9 Å². The van der Waals surface area contributed by atoms with Crippen LogP contribution in [0.3, 0.4) is 0 Å². The fraction of sp³-hybridized carbons (Fsp3) is 0.235. The number of hydrogen-bond acceptors (Lipinski definition) is 4. The topological polar surface area (TPSA) is 74.0 Å². The largest absolute Gasteiger partial charge is 0.470 e. The average molecular weight is 394 g/mol. The zero-order chi connectivity index (χ0) is 18.7. The molecule has 0 saturated carbocycles. The lowest BCUT2D eigenvalue weighted by Crippen LogP contribution is -2.24. The SMILES string of the molecule is Cc1cc(CNC(=O)c2ccn(COc3cccc(Cl)c3Cl)n2)nn1C. The molecule has 3 rings (SSSR count). The summed E-state index contributed by atoms with van der Waals surface area (Å²) in [5.74, 6) is 0.166. The average Bonchev–Trinajstić information content (AvgIpc) is 3.21. The van der Waals surface area contributed by atoms with E-state index >= 15 is 0 Å². The minimum Gasteiger partial charge on any atom is -0.470 e. The van der Waals surface area contributed by atoms with E-state index in [-0.39, 0.29) is 12.6 Å². The smallest absolute Gasteiger partial charge is 0.272 e. The van der Waals surface area contributed by atoms with Gasteiger partial charge in [-0.25, -0.2) is 4.68 Å². The van der Waals surface area contributed by atoms with Crippen LogP contribution in [-0.2, 0) is 20.3 Å². The van der Waals surface area contributed by atoms with Gasteiger partial charge < -0.3 is 10.1 Å². The Bertz CT molecular complexity index is 916. The predicted octanol–water partition coefficient (Wildman–Crippen LogP) is 3.20. The number of hydrogen-bond donors (Lipinski definition) is 1. The third kappa shape index (κ3) is 4.17. The maximum atomic E-state index is 12.2. The fourth-order valence-electron chi connectivity index (χ4n) is 2.27. The van der Waals surface area contributed by atoms with E-state index in [4.69, 9.17) is 27.9 Å². The molecule has 1 aromatic carbocycles. The Labute approximate surface area is 160 Å². The molecule has 0 aliphatic heterocycles. The van der Waals surface area contributed by atoms with Crippen molar-refractivity contribution in [2.45, 2.75) is 20.2 Å². The van der Waals surface area contributed by atoms with Gasteiger partial charge in [-0.2, -0.15) is 10.2 Å². The second-order valence-electron chi connectivity index (χ2n) is 5.65. The van der Waals surface area contributed by atoms with E-state index < -0.39 is 0 Å². The van der Waals surface area contributed by atoms with Crippen molar-refractivity contribution < 1.29 is 9.53 Å². The Balaban J connectivity index is 1.56. The number of aromatic nitrogens is 4. The maximum Gasteiger partial charge on any atom is 0.272 e. The second kappa shape index (κ2) is 7.80. The van der Waals surface area contributed by atoms with Crippen molar-refractivity contribution in [1.29, 1.82) is 0 Å². The van der Waals surface area contributed by atoms with Crippen molar-refractivity contribution >= 4 is 29.1 Å². The highest BCUT2D eigenvalue weighted by Gasteiger charge is 2.11. The molecule has 0 unspecified atom stereocenters. The fourth-order valence-corrected chi connectivity index (χ4v) is 2.61. The van der Waals surface area contributed by atoms with Crippen molar-refractivity contribution in [3.05, 3.63) is 63.7 Å². The second-order valence-corrected chi connectivity index (χ2v) is 6.43. The lowest BCUT2D eigenvalue weighted by atomic mass is 10.3. The van der Waals surface area contributed by atoms with Gasteiger partial charge in [-0.15, -0.1) is 0 Å². The van der Waals surface area contributed by atoms with Gasteiger partial charge in [0.25, 0.3) is 5.91 Å². The lowest BCUT2D eigenvalue weighted by Gasteiger charge is -2.08. The van der Waals surface area contributed by atoms with Gasteiger partial charge in [-0.3, -0.25) is 9.48 Å². The van der Waals surface area contributed by atoms with Gasteiger partial charge in [0.2, 0.25) is 0 Å². The van der Waals surface area contributed by atoms with E-state index in [0.717, 1.165) is 11.4 Å². The van der Waals surface area contributed by atoms with Crippen LogP contribution in [0.5, 0.6) is 5.75 Å². The Morgan fingerprint density at radius 3 is 2.81 bits per heavy atom. The van der Waals surface area contributed by atoms with E-state index in [1.807, 2.05) is 20.0 Å². The number of carbonyl (C=O) groups is 1. The predicted molar refractivity (Wildman–Crippen MR) is 98.4 cm³/mol. The number of benzene rings is 1. The number of aryl methyl sites for hydroxylation is 2. The molecule has 0 spiro atoms. The first kappa shape index (κ1) is 18.3. The number of nitrogens with one attached hydrogen (secondary N) is 1. The Morgan fingerprint density at radius 1 is 1.27 bits per heavy atom. The lowest BCUT2D eigenvalue weighted by molar-refractivity contribution is 0.0943. The van der Waals surface area contributed by atoms with Crippen LogP contribution in [0.15, 0.2) is 36.5 Å². The normalized spacial score (nSPS) is 10.8. The number of halogens is 2. The molecule has 9 heteroatoms. The maximum absolute atomic E-state index is 12.2. The summed E-state index contributed by atoms with van der Waals surface area (Å²) in [4.78, 5) is 12.2. The van der Waals surface area contributed by atoms with Crippen molar-refractivity contribution in [2.24, 2.45) is 7.05 Å². The molecule has 0 bridgehead atoms. The monoisotopic (exact) mass is 393 g/mol. The molecule has 1 N–H and O–H groups in total. The third-order valence-electron chi connectivity index (χ3n) is 3.74. The van der Waals surface area contributed by atoms with Crippen LogP contribution in [0.4, 0.5) is 0 Å². The quantitative estimate of drug-likeness (QED) is 0.697. The van der Waals surface area contributed by atoms with Gasteiger partial charge in [-0.1, -0.05) is 29.3 Å². The molecular formula is C17H17Cl2N5O2. The highest BCUT2D eigenvalue weighted by molar-refractivity contribution is 6.42. The van der Waals surface area contributed by atoms with Gasteiger partial charge in [0, 0.05) is 18.9 Å². The van der Waals surface area contributed by atoms with Crippen LogP contribution in [0, 0.1) is 6.92 Å². The van der Waals surface area contributed by atoms with Crippen LogP contribution in [0.2, 0.25) is 10.0 Å². The number of rotatable bonds is 6. The Hall–Kier alpha value is -2.51. The van der Waals surface area contributed by atoms with Crippen LogP contribution in [0.25, 0.3) is 0 Å². The molecule has 0 aliphatic rings. The summed E-state index contributed by atoms with van der Waals surface area (Å²) in [6.45, 7) is 2.39. The van der Waals surface area contributed by atoms with Gasteiger partial charge in [0.05, 0.1) is 17.3 Å². The first-order valence-corrected chi connectivity index (χ1v) is 8.57. The van der Waals surface area contributed by atoms with E-state index in [9.17, 15) is 4.79 Å². The van der Waals surface area contributed by atoms with E-state index in [0.29, 0.717) is 28.0 Å². The molecule has 0 aliphatic carbocycles. The minimum atomic E-state index is -0.284. The summed E-state index contributed by atoms with van der Waals surface area (Å²) < 4.78 is 8.84. The number of carbonyl (C=O) groups excluding carboxylic acids is 1. The van der Waals surface area contributed by atoms with Crippen LogP contribution in [-0.4, -0.2) is 25.5 Å². The molecule has 0 radical (unpaired) electrons. The van der Waals surface area contributed by atoms with E-state index in [1.54, 1.807) is 35.1 Å². The molecule has 2 aromatic heterocycles. The van der Waals surface area contributed by atoms with Crippen LogP contribution < -0.4 is 10.1 Å². The molecule has 0 fully saturated rings. The van der Waals surface area contributed by atoms with Crippen molar-refractivity contribution in [2.75, 3.05) is 0 Å². The molecule has 0 atom stereocenters. The van der Waals surface area contributed by atoms with Gasteiger partial charge in [0.1, 0.15) is 16.5 Å². The summed E-state index contributed by atoms with van der Waals surface area (Å²) in [5.41, 5.74) is 2.10. The molecule has 2 heterocycles. The molecule has 1 amide bonds. The summed E-state index contributed by atoms with van der Waals surface area (Å²) >= 11 is 12.0. The summed E-state index contributed by atoms with van der Waals surface area (Å²) in [5, 5.41) is 12.0. The molecule has 26 heavy (non-hydrogen) atoms. The highest BCUT2D eigenvalue weighted by atomic mass is 35.5. The summed E-state index contributed by atoms with van der Waals surface area (Å²) in [7, 11) is 1.86. The minimum absolute atomic E-state index is 0.104. The standard InChI is InChI=1S/C17H17Cl2N5O2/c1-11-8-12(21-23(11)2)9-20-17(25)14-6-7-24(22-14)10-26-15-5-3-4-13(18)16(15)19/h3-8H,9-10H2,1-2H3,(H,20,25).